The molecule has 25 heavy (non-hydrogen) atoms. The first-order chi connectivity index (χ1) is 11.6. The van der Waals surface area contributed by atoms with Gasteiger partial charge in [-0.2, -0.15) is 0 Å². The molecule has 0 radical (unpaired) electrons. The second-order valence-electron chi connectivity index (χ2n) is 7.27. The lowest BCUT2D eigenvalue weighted by Crippen LogP contribution is -2.58. The van der Waals surface area contributed by atoms with Crippen molar-refractivity contribution in [2.75, 3.05) is 25.5 Å². The van der Waals surface area contributed by atoms with Crippen LogP contribution in [0.3, 0.4) is 0 Å². The molecule has 1 aliphatic heterocycles. The Morgan fingerprint density at radius 3 is 2.16 bits per heavy atom. The predicted molar refractivity (Wildman–Crippen MR) is 95.6 cm³/mol. The molecule has 138 valence electrons. The smallest absolute Gasteiger partial charge is 0.410 e. The number of benzene rings is 1. The fourth-order valence-electron chi connectivity index (χ4n) is 2.78. The number of carbonyl (C=O) groups excluding carboxylic acids is 2. The van der Waals surface area contributed by atoms with Gasteiger partial charge in [0.25, 0.3) is 0 Å². The first-order valence-electron chi connectivity index (χ1n) is 8.35. The zero-order chi connectivity index (χ0) is 18.7. The van der Waals surface area contributed by atoms with E-state index >= 15 is 0 Å². The molecule has 0 atom stereocenters. The fourth-order valence-corrected chi connectivity index (χ4v) is 2.78. The Kier molecular flexibility index (Phi) is 5.45. The SMILES string of the molecule is COc1ccc(NC2(C(N)=O)CCN(C(=O)OC(C)(C)C)CC2)cc1. The maximum absolute atomic E-state index is 12.2. The zero-order valence-corrected chi connectivity index (χ0v) is 15.3. The van der Waals surface area contributed by atoms with Crippen LogP contribution in [0.4, 0.5) is 10.5 Å². The minimum Gasteiger partial charge on any atom is -0.497 e. The highest BCUT2D eigenvalue weighted by Crippen LogP contribution is 2.28. The first kappa shape index (κ1) is 18.9. The topological polar surface area (TPSA) is 93.9 Å². The Morgan fingerprint density at radius 2 is 1.72 bits per heavy atom. The number of nitrogens with one attached hydrogen (secondary N) is 1. The van der Waals surface area contributed by atoms with Crippen LogP contribution < -0.4 is 15.8 Å². The van der Waals surface area contributed by atoms with E-state index in [-0.39, 0.29) is 6.09 Å². The molecule has 3 N–H and O–H groups in total. The van der Waals surface area contributed by atoms with Gasteiger partial charge in [0.05, 0.1) is 7.11 Å². The molecule has 1 saturated heterocycles. The molecule has 1 heterocycles. The molecule has 7 nitrogen and oxygen atoms in total. The molecule has 0 spiro atoms. The third-order valence-corrected chi connectivity index (χ3v) is 4.21. The summed E-state index contributed by atoms with van der Waals surface area (Å²) in [5, 5.41) is 3.24. The van der Waals surface area contributed by atoms with Crippen LogP contribution in [0.1, 0.15) is 33.6 Å². The Hall–Kier alpha value is -2.44. The van der Waals surface area contributed by atoms with E-state index in [4.69, 9.17) is 15.2 Å². The highest BCUT2D eigenvalue weighted by atomic mass is 16.6. The van der Waals surface area contributed by atoms with Crippen LogP contribution in [0.5, 0.6) is 5.75 Å². The van der Waals surface area contributed by atoms with Crippen molar-refractivity contribution in [2.45, 2.75) is 44.8 Å². The number of piperidine rings is 1. The first-order valence-corrected chi connectivity index (χ1v) is 8.35. The summed E-state index contributed by atoms with van der Waals surface area (Å²) in [4.78, 5) is 25.9. The Balaban J connectivity index is 2.05. The van der Waals surface area contributed by atoms with Crippen LogP contribution in [-0.4, -0.2) is 48.2 Å². The van der Waals surface area contributed by atoms with Crippen molar-refractivity contribution in [1.82, 2.24) is 4.90 Å². The number of ether oxygens (including phenoxy) is 2. The number of hydrogen-bond donors (Lipinski definition) is 2. The maximum atomic E-state index is 12.2. The number of primary amides is 1. The van der Waals surface area contributed by atoms with Crippen LogP contribution in [-0.2, 0) is 9.53 Å². The molecule has 1 aliphatic rings. The van der Waals surface area contributed by atoms with Crippen molar-refractivity contribution < 1.29 is 19.1 Å². The molecule has 0 bridgehead atoms. The lowest BCUT2D eigenvalue weighted by molar-refractivity contribution is -0.123. The molecule has 0 saturated carbocycles. The second kappa shape index (κ2) is 7.21. The molecule has 0 aliphatic carbocycles. The highest BCUT2D eigenvalue weighted by molar-refractivity contribution is 5.88. The lowest BCUT2D eigenvalue weighted by atomic mass is 9.86. The predicted octanol–water partition coefficient (Wildman–Crippen LogP) is 2.36. The molecule has 0 aromatic heterocycles. The third-order valence-electron chi connectivity index (χ3n) is 4.21. The van der Waals surface area contributed by atoms with E-state index < -0.39 is 17.0 Å². The summed E-state index contributed by atoms with van der Waals surface area (Å²) in [5.74, 6) is 0.311. The molecule has 7 heteroatoms. The normalized spacial score (nSPS) is 16.9. The summed E-state index contributed by atoms with van der Waals surface area (Å²) >= 11 is 0. The van der Waals surface area contributed by atoms with Gasteiger partial charge < -0.3 is 25.4 Å². The quantitative estimate of drug-likeness (QED) is 0.870. The molecule has 1 aromatic rings. The van der Waals surface area contributed by atoms with Gasteiger partial charge in [0.15, 0.2) is 0 Å². The fraction of sp³-hybridized carbons (Fsp3) is 0.556. The molecule has 1 fully saturated rings. The van der Waals surface area contributed by atoms with Gasteiger partial charge in [-0.15, -0.1) is 0 Å². The molecular weight excluding hydrogens is 322 g/mol. The highest BCUT2D eigenvalue weighted by Gasteiger charge is 2.41. The summed E-state index contributed by atoms with van der Waals surface area (Å²) in [6, 6.07) is 7.30. The van der Waals surface area contributed by atoms with Crippen molar-refractivity contribution in [3.63, 3.8) is 0 Å². The molecular formula is C18H27N3O4. The second-order valence-corrected chi connectivity index (χ2v) is 7.27. The Bertz CT molecular complexity index is 614. The van der Waals surface area contributed by atoms with E-state index in [0.717, 1.165) is 11.4 Å². The van der Waals surface area contributed by atoms with Crippen molar-refractivity contribution in [3.05, 3.63) is 24.3 Å². The van der Waals surface area contributed by atoms with Crippen LogP contribution >= 0.6 is 0 Å². The van der Waals surface area contributed by atoms with Gasteiger partial charge >= 0.3 is 6.09 Å². The maximum Gasteiger partial charge on any atom is 0.410 e. The number of carbonyl (C=O) groups is 2. The van der Waals surface area contributed by atoms with Crippen LogP contribution in [0.15, 0.2) is 24.3 Å². The standard InChI is InChI=1S/C18H27N3O4/c1-17(2,3)25-16(23)21-11-9-18(10-12-21,15(19)22)20-13-5-7-14(24-4)8-6-13/h5-8,20H,9-12H2,1-4H3,(H2,19,22). The van der Waals surface area contributed by atoms with E-state index in [2.05, 4.69) is 5.32 Å². The van der Waals surface area contributed by atoms with E-state index in [0.29, 0.717) is 25.9 Å². The number of nitrogens with two attached hydrogens (primary N) is 1. The van der Waals surface area contributed by atoms with Gasteiger partial charge in [0.2, 0.25) is 5.91 Å². The summed E-state index contributed by atoms with van der Waals surface area (Å²) in [6.07, 6.45) is 0.483. The van der Waals surface area contributed by atoms with E-state index in [9.17, 15) is 9.59 Å². The zero-order valence-electron chi connectivity index (χ0n) is 15.3. The van der Waals surface area contributed by atoms with Gasteiger partial charge in [-0.1, -0.05) is 0 Å². The van der Waals surface area contributed by atoms with Gasteiger partial charge in [0, 0.05) is 18.8 Å². The van der Waals surface area contributed by atoms with Crippen molar-refractivity contribution in [3.8, 4) is 5.75 Å². The number of rotatable bonds is 4. The van der Waals surface area contributed by atoms with E-state index in [1.165, 1.54) is 0 Å². The molecule has 0 unspecified atom stereocenters. The van der Waals surface area contributed by atoms with E-state index in [1.807, 2.05) is 45.0 Å². The Morgan fingerprint density at radius 1 is 1.16 bits per heavy atom. The number of anilines is 1. The van der Waals surface area contributed by atoms with Crippen LogP contribution in [0.2, 0.25) is 0 Å². The van der Waals surface area contributed by atoms with Gasteiger partial charge in [0.1, 0.15) is 16.9 Å². The van der Waals surface area contributed by atoms with Crippen molar-refractivity contribution >= 4 is 17.7 Å². The minimum atomic E-state index is -0.882. The van der Waals surface area contributed by atoms with Gasteiger partial charge in [-0.3, -0.25) is 4.79 Å². The summed E-state index contributed by atoms with van der Waals surface area (Å²) < 4.78 is 10.5. The molecule has 2 rings (SSSR count). The van der Waals surface area contributed by atoms with Crippen LogP contribution in [0, 0.1) is 0 Å². The van der Waals surface area contributed by atoms with E-state index in [1.54, 1.807) is 12.0 Å². The summed E-state index contributed by atoms with van der Waals surface area (Å²) in [6.45, 7) is 6.29. The molecule has 2 amide bonds. The average molecular weight is 349 g/mol. The van der Waals surface area contributed by atoms with Crippen molar-refractivity contribution in [1.29, 1.82) is 0 Å². The third kappa shape index (κ3) is 4.78. The van der Waals surface area contributed by atoms with Gasteiger partial charge in [-0.25, -0.2) is 4.79 Å². The number of methoxy groups -OCH3 is 1. The largest absolute Gasteiger partial charge is 0.497 e. The molecule has 1 aromatic carbocycles. The Labute approximate surface area is 148 Å². The number of amides is 2. The minimum absolute atomic E-state index is 0.366. The summed E-state index contributed by atoms with van der Waals surface area (Å²) in [5.41, 5.74) is 5.02. The van der Waals surface area contributed by atoms with Gasteiger partial charge in [-0.05, 0) is 57.9 Å². The lowest BCUT2D eigenvalue weighted by Gasteiger charge is -2.40. The summed E-state index contributed by atoms with van der Waals surface area (Å²) in [7, 11) is 1.60. The van der Waals surface area contributed by atoms with Crippen molar-refractivity contribution in [2.24, 2.45) is 5.73 Å². The average Bonchev–Trinajstić information content (AvgIpc) is 2.54. The number of hydrogen-bond acceptors (Lipinski definition) is 5. The van der Waals surface area contributed by atoms with Crippen LogP contribution in [0.25, 0.3) is 0 Å². The number of likely N-dealkylation sites (tertiary alicyclic amines) is 1. The number of nitrogens with zero attached hydrogens (tertiary/aromatic N) is 1. The monoisotopic (exact) mass is 349 g/mol.